The number of pyridine rings is 1. The first-order chi connectivity index (χ1) is 15.9. The van der Waals surface area contributed by atoms with Gasteiger partial charge in [-0.1, -0.05) is 26.0 Å². The fourth-order valence-corrected chi connectivity index (χ4v) is 3.46. The molecule has 33 heavy (non-hydrogen) atoms. The molecule has 1 N–H and O–H groups in total. The molecule has 6 nitrogen and oxygen atoms in total. The lowest BCUT2D eigenvalue weighted by molar-refractivity contribution is 0.0526. The van der Waals surface area contributed by atoms with Crippen LogP contribution in [-0.2, 0) is 11.3 Å². The van der Waals surface area contributed by atoms with Crippen LogP contribution in [0.25, 0.3) is 0 Å². The predicted octanol–water partition coefficient (Wildman–Crippen LogP) is 5.10. The van der Waals surface area contributed by atoms with Crippen molar-refractivity contribution >= 4 is 34.9 Å². The van der Waals surface area contributed by atoms with Crippen LogP contribution < -0.4 is 10.2 Å². The molecule has 0 aliphatic carbocycles. The van der Waals surface area contributed by atoms with Gasteiger partial charge in [0.15, 0.2) is 5.11 Å². The first-order valence-corrected chi connectivity index (χ1v) is 11.2. The molecule has 1 amide bonds. The Bertz CT molecular complexity index is 1100. The van der Waals surface area contributed by atoms with Crippen LogP contribution in [0.3, 0.4) is 0 Å². The van der Waals surface area contributed by atoms with Gasteiger partial charge in [-0.2, -0.15) is 0 Å². The van der Waals surface area contributed by atoms with Crippen molar-refractivity contribution in [1.29, 1.82) is 0 Å². The molecule has 170 valence electrons. The molecule has 3 rings (SSSR count). The summed E-state index contributed by atoms with van der Waals surface area (Å²) in [6.45, 7) is 6.71. The van der Waals surface area contributed by atoms with E-state index in [2.05, 4.69) is 24.1 Å². The van der Waals surface area contributed by atoms with E-state index in [1.54, 1.807) is 60.6 Å². The number of esters is 1. The summed E-state index contributed by atoms with van der Waals surface area (Å²) in [6, 6.07) is 18.2. The first kappa shape index (κ1) is 24.1. The minimum absolute atomic E-state index is 0.258. The quantitative estimate of drug-likeness (QED) is 0.390. The number of nitrogens with one attached hydrogen (secondary N) is 1. The van der Waals surface area contributed by atoms with Gasteiger partial charge in [0.25, 0.3) is 5.91 Å². The second kappa shape index (κ2) is 11.3. The number of hydrogen-bond donors (Lipinski definition) is 1. The Morgan fingerprint density at radius 2 is 1.58 bits per heavy atom. The molecule has 0 spiro atoms. The van der Waals surface area contributed by atoms with Crippen molar-refractivity contribution < 1.29 is 14.3 Å². The lowest BCUT2D eigenvalue weighted by atomic mass is 10.0. The standard InChI is InChI=1S/C26H27N3O3S/c1-4-32-25(31)22-9-11-23(12-10-22)29(17-19-13-15-27-16-14-19)26(33)28-24(30)21-7-5-20(6-8-21)18(2)3/h5-16,18H,4,17H2,1-3H3,(H,28,30,33). The van der Waals surface area contributed by atoms with E-state index in [0.717, 1.165) is 16.8 Å². The minimum Gasteiger partial charge on any atom is -0.462 e. The van der Waals surface area contributed by atoms with Crippen molar-refractivity contribution in [2.45, 2.75) is 33.2 Å². The SMILES string of the molecule is CCOC(=O)c1ccc(N(Cc2ccncc2)C(=S)NC(=O)c2ccc(C(C)C)cc2)cc1. The zero-order valence-corrected chi connectivity index (χ0v) is 19.8. The predicted molar refractivity (Wildman–Crippen MR) is 133 cm³/mol. The van der Waals surface area contributed by atoms with Crippen LogP contribution in [0.1, 0.15) is 58.5 Å². The van der Waals surface area contributed by atoms with Gasteiger partial charge in [-0.15, -0.1) is 0 Å². The molecule has 3 aromatic rings. The maximum absolute atomic E-state index is 12.8. The lowest BCUT2D eigenvalue weighted by Crippen LogP contribution is -2.42. The molecule has 1 heterocycles. The summed E-state index contributed by atoms with van der Waals surface area (Å²) < 4.78 is 5.05. The highest BCUT2D eigenvalue weighted by molar-refractivity contribution is 7.80. The smallest absolute Gasteiger partial charge is 0.338 e. The Labute approximate surface area is 199 Å². The molecule has 0 aliphatic heterocycles. The van der Waals surface area contributed by atoms with E-state index in [1.165, 1.54) is 0 Å². The number of ether oxygens (including phenoxy) is 1. The van der Waals surface area contributed by atoms with Crippen LogP contribution in [0.4, 0.5) is 5.69 Å². The summed E-state index contributed by atoms with van der Waals surface area (Å²) in [6.07, 6.45) is 3.41. The van der Waals surface area contributed by atoms with Gasteiger partial charge < -0.3 is 9.64 Å². The van der Waals surface area contributed by atoms with E-state index in [-0.39, 0.29) is 17.0 Å². The average molecular weight is 462 g/mol. The van der Waals surface area contributed by atoms with Crippen molar-refractivity contribution in [3.63, 3.8) is 0 Å². The summed E-state index contributed by atoms with van der Waals surface area (Å²) >= 11 is 5.61. The summed E-state index contributed by atoms with van der Waals surface area (Å²) in [5, 5.41) is 3.09. The number of nitrogens with zero attached hydrogens (tertiary/aromatic N) is 2. The summed E-state index contributed by atoms with van der Waals surface area (Å²) in [5.41, 5.74) is 3.85. The highest BCUT2D eigenvalue weighted by atomic mass is 32.1. The Balaban J connectivity index is 1.81. The number of amides is 1. The van der Waals surface area contributed by atoms with Crippen molar-refractivity contribution in [3.8, 4) is 0 Å². The average Bonchev–Trinajstić information content (AvgIpc) is 2.83. The third kappa shape index (κ3) is 6.46. The topological polar surface area (TPSA) is 71.5 Å². The van der Waals surface area contributed by atoms with Crippen LogP contribution >= 0.6 is 12.2 Å². The normalized spacial score (nSPS) is 10.5. The molecule has 0 bridgehead atoms. The summed E-state index contributed by atoms with van der Waals surface area (Å²) in [4.78, 5) is 30.7. The van der Waals surface area contributed by atoms with Gasteiger partial charge in [0, 0.05) is 23.6 Å². The molecule has 0 saturated heterocycles. The number of rotatable bonds is 7. The van der Waals surface area contributed by atoms with Gasteiger partial charge in [0.05, 0.1) is 18.7 Å². The minimum atomic E-state index is -0.384. The number of anilines is 1. The second-order valence-corrected chi connectivity index (χ2v) is 8.13. The molecular formula is C26H27N3O3S. The van der Waals surface area contributed by atoms with E-state index >= 15 is 0 Å². The monoisotopic (exact) mass is 461 g/mol. The second-order valence-electron chi connectivity index (χ2n) is 7.74. The third-order valence-electron chi connectivity index (χ3n) is 5.09. The Morgan fingerprint density at radius 1 is 0.970 bits per heavy atom. The zero-order valence-electron chi connectivity index (χ0n) is 18.9. The molecule has 0 unspecified atom stereocenters. The number of carbonyl (C=O) groups excluding carboxylic acids is 2. The number of carbonyl (C=O) groups is 2. The molecule has 1 aromatic heterocycles. The Morgan fingerprint density at radius 3 is 2.15 bits per heavy atom. The fourth-order valence-electron chi connectivity index (χ4n) is 3.20. The van der Waals surface area contributed by atoms with Crippen molar-refractivity contribution in [1.82, 2.24) is 10.3 Å². The number of thiocarbonyl (C=S) groups is 1. The summed E-state index contributed by atoms with van der Waals surface area (Å²) in [7, 11) is 0. The van der Waals surface area contributed by atoms with E-state index in [9.17, 15) is 9.59 Å². The maximum atomic E-state index is 12.8. The van der Waals surface area contributed by atoms with Crippen LogP contribution in [0.15, 0.2) is 73.1 Å². The van der Waals surface area contributed by atoms with Crippen molar-refractivity contribution in [3.05, 3.63) is 95.3 Å². The highest BCUT2D eigenvalue weighted by Gasteiger charge is 2.17. The summed E-state index contributed by atoms with van der Waals surface area (Å²) in [5.74, 6) is -0.278. The van der Waals surface area contributed by atoms with E-state index < -0.39 is 0 Å². The largest absolute Gasteiger partial charge is 0.462 e. The van der Waals surface area contributed by atoms with Crippen LogP contribution in [0.2, 0.25) is 0 Å². The van der Waals surface area contributed by atoms with Gasteiger partial charge >= 0.3 is 5.97 Å². The first-order valence-electron chi connectivity index (χ1n) is 10.8. The third-order valence-corrected chi connectivity index (χ3v) is 5.41. The zero-order chi connectivity index (χ0) is 23.8. The van der Waals surface area contributed by atoms with Gasteiger partial charge in [-0.3, -0.25) is 15.1 Å². The van der Waals surface area contributed by atoms with Gasteiger partial charge in [-0.05, 0) is 84.7 Å². The van der Waals surface area contributed by atoms with Gasteiger partial charge in [0.2, 0.25) is 0 Å². The van der Waals surface area contributed by atoms with Crippen molar-refractivity contribution in [2.24, 2.45) is 0 Å². The number of hydrogen-bond acceptors (Lipinski definition) is 5. The van der Waals surface area contributed by atoms with Crippen LogP contribution in [-0.4, -0.2) is 28.6 Å². The maximum Gasteiger partial charge on any atom is 0.338 e. The molecule has 7 heteroatoms. The van der Waals surface area contributed by atoms with E-state index in [4.69, 9.17) is 17.0 Å². The van der Waals surface area contributed by atoms with Gasteiger partial charge in [-0.25, -0.2) is 4.79 Å². The van der Waals surface area contributed by atoms with Crippen molar-refractivity contribution in [2.75, 3.05) is 11.5 Å². The molecule has 0 aliphatic rings. The molecular weight excluding hydrogens is 434 g/mol. The van der Waals surface area contributed by atoms with Crippen LogP contribution in [0, 0.1) is 0 Å². The molecule has 0 atom stereocenters. The number of aromatic nitrogens is 1. The highest BCUT2D eigenvalue weighted by Crippen LogP contribution is 2.20. The van der Waals surface area contributed by atoms with Crippen LogP contribution in [0.5, 0.6) is 0 Å². The van der Waals surface area contributed by atoms with E-state index in [0.29, 0.717) is 30.2 Å². The fraction of sp³-hybridized carbons (Fsp3) is 0.231. The molecule has 0 radical (unpaired) electrons. The van der Waals surface area contributed by atoms with E-state index in [1.807, 2.05) is 24.3 Å². The molecule has 0 fully saturated rings. The van der Waals surface area contributed by atoms with Gasteiger partial charge in [0.1, 0.15) is 0 Å². The Kier molecular flexibility index (Phi) is 8.27. The molecule has 2 aromatic carbocycles. The number of benzene rings is 2. The Hall–Kier alpha value is -3.58. The lowest BCUT2D eigenvalue weighted by Gasteiger charge is -2.26. The molecule has 0 saturated carbocycles.